The van der Waals surface area contributed by atoms with Crippen molar-refractivity contribution in [2.24, 2.45) is 0 Å². The van der Waals surface area contributed by atoms with Crippen LogP contribution in [0.1, 0.15) is 27.6 Å². The minimum Gasteiger partial charge on any atom is -0.468 e. The van der Waals surface area contributed by atoms with E-state index in [0.717, 1.165) is 24.2 Å². The lowest BCUT2D eigenvalue weighted by molar-refractivity contribution is -0.154. The van der Waals surface area contributed by atoms with Crippen molar-refractivity contribution < 1.29 is 27.4 Å². The van der Waals surface area contributed by atoms with E-state index < -0.39 is 12.8 Å². The van der Waals surface area contributed by atoms with Gasteiger partial charge in [0.2, 0.25) is 5.88 Å². The van der Waals surface area contributed by atoms with Gasteiger partial charge in [-0.2, -0.15) is 13.2 Å². The van der Waals surface area contributed by atoms with Crippen molar-refractivity contribution in [2.75, 3.05) is 26.3 Å². The summed E-state index contributed by atoms with van der Waals surface area (Å²) in [7, 11) is 0. The third-order valence-corrected chi connectivity index (χ3v) is 4.11. The molecule has 1 amide bonds. The Morgan fingerprint density at radius 3 is 2.64 bits per heavy atom. The van der Waals surface area contributed by atoms with Crippen molar-refractivity contribution >= 4 is 5.91 Å². The van der Waals surface area contributed by atoms with Crippen molar-refractivity contribution in [1.82, 2.24) is 15.6 Å². The molecule has 0 spiro atoms. The highest BCUT2D eigenvalue weighted by molar-refractivity contribution is 5.93. The number of nitrogens with zero attached hydrogens (tertiary/aromatic N) is 1. The van der Waals surface area contributed by atoms with Gasteiger partial charge in [0.25, 0.3) is 5.91 Å². The zero-order valence-electron chi connectivity index (χ0n) is 15.0. The number of ether oxygens (including phenoxy) is 2. The van der Waals surface area contributed by atoms with Crippen molar-refractivity contribution in [2.45, 2.75) is 18.8 Å². The third-order valence-electron chi connectivity index (χ3n) is 4.11. The summed E-state index contributed by atoms with van der Waals surface area (Å²) in [6.45, 7) is 1.19. The van der Waals surface area contributed by atoms with Gasteiger partial charge in [0.15, 0.2) is 6.61 Å². The Kier molecular flexibility index (Phi) is 6.48. The maximum atomic E-state index is 12.2. The molecule has 2 N–H and O–H groups in total. The predicted molar refractivity (Wildman–Crippen MR) is 95.0 cm³/mol. The number of alkyl halides is 3. The minimum atomic E-state index is -4.44. The number of nitrogens with one attached hydrogen (secondary N) is 2. The molecular weight excluding hydrogens is 375 g/mol. The van der Waals surface area contributed by atoms with Crippen molar-refractivity contribution in [3.8, 4) is 5.88 Å². The van der Waals surface area contributed by atoms with Crippen molar-refractivity contribution in [3.05, 3.63) is 59.3 Å². The smallest absolute Gasteiger partial charge is 0.422 e. The van der Waals surface area contributed by atoms with Crippen LogP contribution in [0.15, 0.2) is 42.6 Å². The van der Waals surface area contributed by atoms with E-state index >= 15 is 0 Å². The molecule has 3 rings (SSSR count). The molecule has 0 aliphatic carbocycles. The number of carbonyl (C=O) groups excluding carboxylic acids is 1. The van der Waals surface area contributed by atoms with Crippen LogP contribution >= 0.6 is 0 Å². The van der Waals surface area contributed by atoms with Gasteiger partial charge in [-0.3, -0.25) is 4.79 Å². The normalized spacial score (nSPS) is 17.2. The van der Waals surface area contributed by atoms with E-state index in [9.17, 15) is 18.0 Å². The average Bonchev–Trinajstić information content (AvgIpc) is 2.71. The van der Waals surface area contributed by atoms with Crippen molar-refractivity contribution in [1.29, 1.82) is 0 Å². The SMILES string of the molecule is O=C(NCc1ccc(C2CNCCO2)cc1)c1ccc(OCC(F)(F)F)nc1. The van der Waals surface area contributed by atoms with Crippen molar-refractivity contribution in [3.63, 3.8) is 0 Å². The van der Waals surface area contributed by atoms with Gasteiger partial charge < -0.3 is 20.1 Å². The quantitative estimate of drug-likeness (QED) is 0.787. The van der Waals surface area contributed by atoms with Gasteiger partial charge in [-0.1, -0.05) is 24.3 Å². The molecule has 2 aromatic rings. The largest absolute Gasteiger partial charge is 0.468 e. The van der Waals surface area contributed by atoms with E-state index in [-0.39, 0.29) is 23.5 Å². The Bertz CT molecular complexity index is 774. The number of morpholine rings is 1. The molecule has 9 heteroatoms. The number of hydrogen-bond acceptors (Lipinski definition) is 5. The van der Waals surface area contributed by atoms with Crippen LogP contribution in [0.3, 0.4) is 0 Å². The number of amides is 1. The van der Waals surface area contributed by atoms with Gasteiger partial charge in [-0.05, 0) is 17.2 Å². The van der Waals surface area contributed by atoms with Crippen LogP contribution in [0.5, 0.6) is 5.88 Å². The summed E-state index contributed by atoms with van der Waals surface area (Å²) in [6.07, 6.45) is -3.23. The first kappa shape index (κ1) is 20.1. The second-order valence-corrected chi connectivity index (χ2v) is 6.28. The zero-order valence-corrected chi connectivity index (χ0v) is 15.0. The molecule has 0 saturated carbocycles. The topological polar surface area (TPSA) is 72.5 Å². The Balaban J connectivity index is 1.49. The number of benzene rings is 1. The van der Waals surface area contributed by atoms with Gasteiger partial charge in [0.05, 0.1) is 18.3 Å². The van der Waals surface area contributed by atoms with E-state index in [0.29, 0.717) is 13.2 Å². The average molecular weight is 395 g/mol. The number of rotatable bonds is 6. The molecule has 1 unspecified atom stereocenters. The van der Waals surface area contributed by atoms with Crippen LogP contribution in [0.4, 0.5) is 13.2 Å². The zero-order chi connectivity index (χ0) is 20.0. The van der Waals surface area contributed by atoms with Crippen LogP contribution in [-0.2, 0) is 11.3 Å². The molecule has 1 atom stereocenters. The Morgan fingerprint density at radius 2 is 2.04 bits per heavy atom. The van der Waals surface area contributed by atoms with Gasteiger partial charge in [-0.25, -0.2) is 4.98 Å². The van der Waals surface area contributed by atoms with Gasteiger partial charge in [0.1, 0.15) is 0 Å². The number of pyridine rings is 1. The lowest BCUT2D eigenvalue weighted by atomic mass is 10.1. The van der Waals surface area contributed by atoms with Crippen LogP contribution in [0.25, 0.3) is 0 Å². The second-order valence-electron chi connectivity index (χ2n) is 6.28. The maximum Gasteiger partial charge on any atom is 0.422 e. The molecule has 28 heavy (non-hydrogen) atoms. The molecule has 0 bridgehead atoms. The summed E-state index contributed by atoms with van der Waals surface area (Å²) < 4.78 is 46.5. The highest BCUT2D eigenvalue weighted by atomic mass is 19.4. The summed E-state index contributed by atoms with van der Waals surface area (Å²) in [5.74, 6) is -0.567. The molecule has 150 valence electrons. The van der Waals surface area contributed by atoms with Gasteiger partial charge >= 0.3 is 6.18 Å². The summed E-state index contributed by atoms with van der Waals surface area (Å²) in [6, 6.07) is 10.4. The fourth-order valence-corrected chi connectivity index (χ4v) is 2.67. The first-order chi connectivity index (χ1) is 13.4. The summed E-state index contributed by atoms with van der Waals surface area (Å²) in [5.41, 5.74) is 2.22. The lowest BCUT2D eigenvalue weighted by Crippen LogP contribution is -2.33. The molecule has 1 aliphatic rings. The molecule has 0 radical (unpaired) electrons. The molecule has 1 fully saturated rings. The van der Waals surface area contributed by atoms with Crippen LogP contribution in [0.2, 0.25) is 0 Å². The van der Waals surface area contributed by atoms with E-state index in [1.54, 1.807) is 0 Å². The first-order valence-corrected chi connectivity index (χ1v) is 8.76. The van der Waals surface area contributed by atoms with E-state index in [2.05, 4.69) is 20.4 Å². The number of halogens is 3. The molecule has 1 aromatic heterocycles. The predicted octanol–water partition coefficient (Wildman–Crippen LogP) is 2.61. The number of aromatic nitrogens is 1. The standard InChI is InChI=1S/C19H20F3N3O3/c20-19(21,22)12-28-17-6-5-15(10-24-17)18(26)25-9-13-1-3-14(4-2-13)16-11-23-7-8-27-16/h1-6,10,16,23H,7-9,11-12H2,(H,25,26). The highest BCUT2D eigenvalue weighted by Crippen LogP contribution is 2.19. The molecule has 1 saturated heterocycles. The van der Waals surface area contributed by atoms with Crippen LogP contribution in [-0.4, -0.2) is 43.4 Å². The molecular formula is C19H20F3N3O3. The van der Waals surface area contributed by atoms with Crippen LogP contribution in [0, 0.1) is 0 Å². The number of hydrogen-bond donors (Lipinski definition) is 2. The molecule has 2 heterocycles. The summed E-state index contributed by atoms with van der Waals surface area (Å²) >= 11 is 0. The Hall–Kier alpha value is -2.65. The Labute approximate surface area is 160 Å². The third kappa shape index (κ3) is 5.93. The lowest BCUT2D eigenvalue weighted by Gasteiger charge is -2.24. The van der Waals surface area contributed by atoms with E-state index in [1.807, 2.05) is 24.3 Å². The molecule has 1 aromatic carbocycles. The van der Waals surface area contributed by atoms with Crippen LogP contribution < -0.4 is 15.4 Å². The fourth-order valence-electron chi connectivity index (χ4n) is 2.67. The Morgan fingerprint density at radius 1 is 1.25 bits per heavy atom. The van der Waals surface area contributed by atoms with E-state index in [4.69, 9.17) is 4.74 Å². The maximum absolute atomic E-state index is 12.2. The second kappa shape index (κ2) is 9.03. The highest BCUT2D eigenvalue weighted by Gasteiger charge is 2.28. The first-order valence-electron chi connectivity index (χ1n) is 8.76. The fraction of sp³-hybridized carbons (Fsp3) is 0.368. The minimum absolute atomic E-state index is 0.0292. The summed E-state index contributed by atoms with van der Waals surface area (Å²) in [4.78, 5) is 15.9. The van der Waals surface area contributed by atoms with E-state index in [1.165, 1.54) is 18.3 Å². The summed E-state index contributed by atoms with van der Waals surface area (Å²) in [5, 5.41) is 6.02. The molecule has 1 aliphatic heterocycles. The van der Waals surface area contributed by atoms with Gasteiger partial charge in [-0.15, -0.1) is 0 Å². The number of carbonyl (C=O) groups is 1. The van der Waals surface area contributed by atoms with Gasteiger partial charge in [0, 0.05) is 31.9 Å². The molecule has 6 nitrogen and oxygen atoms in total. The monoisotopic (exact) mass is 395 g/mol.